The van der Waals surface area contributed by atoms with Gasteiger partial charge in [-0.05, 0) is 63.9 Å². The van der Waals surface area contributed by atoms with Crippen LogP contribution in [0.15, 0.2) is 53.6 Å². The minimum Gasteiger partial charge on any atom is -0.460 e. The van der Waals surface area contributed by atoms with Gasteiger partial charge in [-0.15, -0.1) is 11.3 Å². The number of benzene rings is 2. The van der Waals surface area contributed by atoms with E-state index in [-0.39, 0.29) is 30.0 Å². The molecule has 286 valence electrons. The molecule has 3 N–H and O–H groups in total. The molecule has 0 fully saturated rings. The van der Waals surface area contributed by atoms with E-state index in [0.29, 0.717) is 34.6 Å². The minimum absolute atomic E-state index is 0.0340. The number of hydrogen-bond donors (Lipinski definition) is 3. The van der Waals surface area contributed by atoms with E-state index in [1.54, 1.807) is 33.0 Å². The Labute approximate surface area is 312 Å². The largest absolute Gasteiger partial charge is 0.460 e. The molecule has 0 bridgehead atoms. The fourth-order valence-corrected chi connectivity index (χ4v) is 7.33. The van der Waals surface area contributed by atoms with Gasteiger partial charge < -0.3 is 15.4 Å². The number of sulfonamides is 1. The fourth-order valence-electron chi connectivity index (χ4n) is 5.02. The SMILES string of the molecule is CC(C)(C)OC(=O)CCC(=O)NCCCCCCNc1nccc(-c2sc(C(C)(C)C)nc2-c2cccc(NS(=O)(=O)c3c(F)cccc3F)c2F)n1. The third-order valence-corrected chi connectivity index (χ3v) is 10.4. The van der Waals surface area contributed by atoms with E-state index in [1.165, 1.54) is 23.5 Å². The number of nitrogens with one attached hydrogen (secondary N) is 3. The summed E-state index contributed by atoms with van der Waals surface area (Å²) in [7, 11) is -4.83. The molecule has 16 heteroatoms. The van der Waals surface area contributed by atoms with Crippen molar-refractivity contribution in [2.24, 2.45) is 0 Å². The molecule has 0 aliphatic heterocycles. The number of aromatic nitrogens is 3. The summed E-state index contributed by atoms with van der Waals surface area (Å²) < 4.78 is 77.9. The van der Waals surface area contributed by atoms with Crippen LogP contribution >= 0.6 is 11.3 Å². The number of anilines is 2. The molecule has 0 aliphatic rings. The number of ether oxygens (including phenoxy) is 1. The molecule has 4 rings (SSSR count). The second-order valence-corrected chi connectivity index (χ2v) is 16.9. The van der Waals surface area contributed by atoms with Gasteiger partial charge in [-0.25, -0.2) is 36.5 Å². The number of carbonyl (C=O) groups is 2. The molecule has 0 atom stereocenters. The lowest BCUT2D eigenvalue weighted by molar-refractivity contribution is -0.155. The van der Waals surface area contributed by atoms with Crippen molar-refractivity contribution < 1.29 is 35.9 Å². The van der Waals surface area contributed by atoms with Crippen molar-refractivity contribution in [2.45, 2.75) is 96.0 Å². The van der Waals surface area contributed by atoms with Gasteiger partial charge in [-0.2, -0.15) is 0 Å². The highest BCUT2D eigenvalue weighted by atomic mass is 32.2. The van der Waals surface area contributed by atoms with Crippen LogP contribution in [0.1, 0.15) is 85.1 Å². The number of thiazole rings is 1. The number of carbonyl (C=O) groups excluding carboxylic acids is 2. The van der Waals surface area contributed by atoms with Gasteiger partial charge in [0, 0.05) is 36.7 Å². The summed E-state index contributed by atoms with van der Waals surface area (Å²) in [6, 6.07) is 8.32. The summed E-state index contributed by atoms with van der Waals surface area (Å²) in [6.07, 6.45) is 5.05. The van der Waals surface area contributed by atoms with Gasteiger partial charge in [-0.3, -0.25) is 14.3 Å². The predicted molar refractivity (Wildman–Crippen MR) is 199 cm³/mol. The second-order valence-electron chi connectivity index (χ2n) is 14.3. The first-order valence-electron chi connectivity index (χ1n) is 17.2. The Balaban J connectivity index is 1.39. The molecule has 0 saturated heterocycles. The molecule has 0 aliphatic carbocycles. The number of rotatable bonds is 16. The maximum atomic E-state index is 16.1. The highest BCUT2D eigenvalue weighted by Crippen LogP contribution is 2.42. The van der Waals surface area contributed by atoms with Crippen LogP contribution in [0.5, 0.6) is 0 Å². The number of esters is 1. The Morgan fingerprint density at radius 2 is 1.51 bits per heavy atom. The van der Waals surface area contributed by atoms with Crippen molar-refractivity contribution in [3.8, 4) is 21.8 Å². The predicted octanol–water partition coefficient (Wildman–Crippen LogP) is 7.99. The Morgan fingerprint density at radius 3 is 2.17 bits per heavy atom. The van der Waals surface area contributed by atoms with Crippen LogP contribution in [0.3, 0.4) is 0 Å². The Bertz CT molecular complexity index is 2010. The van der Waals surface area contributed by atoms with Crippen molar-refractivity contribution >= 4 is 44.9 Å². The average Bonchev–Trinajstić information content (AvgIpc) is 3.51. The first-order chi connectivity index (χ1) is 24.9. The molecule has 2 aromatic heterocycles. The van der Waals surface area contributed by atoms with Crippen LogP contribution in [0.2, 0.25) is 0 Å². The number of amides is 1. The maximum Gasteiger partial charge on any atom is 0.306 e. The molecular weight excluding hydrogens is 730 g/mol. The molecule has 0 spiro atoms. The normalized spacial score (nSPS) is 12.0. The van der Waals surface area contributed by atoms with Gasteiger partial charge in [0.25, 0.3) is 10.0 Å². The maximum absolute atomic E-state index is 16.1. The zero-order valence-electron chi connectivity index (χ0n) is 30.6. The number of hydrogen-bond acceptors (Lipinski definition) is 10. The molecule has 4 aromatic rings. The zero-order chi connectivity index (χ0) is 39.0. The molecule has 0 saturated carbocycles. The smallest absolute Gasteiger partial charge is 0.306 e. The molecule has 1 amide bonds. The Kier molecular flexibility index (Phi) is 13.6. The highest BCUT2D eigenvalue weighted by molar-refractivity contribution is 7.92. The number of nitrogens with zero attached hydrogens (tertiary/aromatic N) is 3. The van der Waals surface area contributed by atoms with Crippen LogP contribution in [-0.4, -0.2) is 53.9 Å². The van der Waals surface area contributed by atoms with Gasteiger partial charge in [0.1, 0.15) is 17.2 Å². The first-order valence-corrected chi connectivity index (χ1v) is 19.5. The van der Waals surface area contributed by atoms with Crippen LogP contribution in [0.4, 0.5) is 24.8 Å². The Morgan fingerprint density at radius 1 is 0.849 bits per heavy atom. The van der Waals surface area contributed by atoms with Crippen LogP contribution in [-0.2, 0) is 29.8 Å². The lowest BCUT2D eigenvalue weighted by Crippen LogP contribution is -2.27. The summed E-state index contributed by atoms with van der Waals surface area (Å²) in [4.78, 5) is 36.9. The van der Waals surface area contributed by atoms with E-state index in [9.17, 15) is 26.8 Å². The highest BCUT2D eigenvalue weighted by Gasteiger charge is 2.29. The van der Waals surface area contributed by atoms with E-state index in [2.05, 4.69) is 20.6 Å². The third kappa shape index (κ3) is 11.7. The average molecular weight is 775 g/mol. The van der Waals surface area contributed by atoms with Crippen LogP contribution in [0, 0.1) is 17.5 Å². The summed E-state index contributed by atoms with van der Waals surface area (Å²) in [5.74, 6) is -3.84. The Hall–Kier alpha value is -4.57. The molecule has 2 aromatic carbocycles. The third-order valence-electron chi connectivity index (χ3n) is 7.53. The molecule has 2 heterocycles. The van der Waals surface area contributed by atoms with E-state index in [1.807, 2.05) is 25.5 Å². The summed E-state index contributed by atoms with van der Waals surface area (Å²) in [5.41, 5.74) is -0.864. The van der Waals surface area contributed by atoms with Crippen molar-refractivity contribution in [2.75, 3.05) is 23.1 Å². The van der Waals surface area contributed by atoms with Crippen molar-refractivity contribution in [1.29, 1.82) is 0 Å². The second kappa shape index (κ2) is 17.5. The topological polar surface area (TPSA) is 152 Å². The van der Waals surface area contributed by atoms with Gasteiger partial charge in [0.2, 0.25) is 11.9 Å². The van der Waals surface area contributed by atoms with Gasteiger partial charge in [-0.1, -0.05) is 45.7 Å². The summed E-state index contributed by atoms with van der Waals surface area (Å²) >= 11 is 1.31. The quantitative estimate of drug-likeness (QED) is 0.0760. The van der Waals surface area contributed by atoms with Gasteiger partial charge >= 0.3 is 5.97 Å². The van der Waals surface area contributed by atoms with Crippen LogP contribution < -0.4 is 15.4 Å². The fraction of sp³-hybridized carbons (Fsp3) is 0.432. The lowest BCUT2D eigenvalue weighted by Gasteiger charge is -2.19. The van der Waals surface area contributed by atoms with E-state index < -0.39 is 55.0 Å². The zero-order valence-corrected chi connectivity index (χ0v) is 32.2. The first kappa shape index (κ1) is 41.2. The molecule has 11 nitrogen and oxygen atoms in total. The molecule has 0 unspecified atom stereocenters. The number of unbranched alkanes of at least 4 members (excludes halogenated alkanes) is 3. The van der Waals surface area contributed by atoms with E-state index in [4.69, 9.17) is 9.72 Å². The summed E-state index contributed by atoms with van der Waals surface area (Å²) in [6.45, 7) is 12.3. The van der Waals surface area contributed by atoms with Gasteiger partial charge in [0.05, 0.1) is 33.4 Å². The molecule has 53 heavy (non-hydrogen) atoms. The van der Waals surface area contributed by atoms with Crippen molar-refractivity contribution in [3.05, 3.63) is 71.1 Å². The monoisotopic (exact) mass is 774 g/mol. The van der Waals surface area contributed by atoms with E-state index in [0.717, 1.165) is 49.9 Å². The summed E-state index contributed by atoms with van der Waals surface area (Å²) in [5, 5.41) is 6.71. The minimum atomic E-state index is -4.83. The standard InChI is InChI=1S/C37H45F3N6O5S2/c1-36(2,3)34-45-31(23-13-11-16-26(30(23)40)46-53(49,50)33-24(38)14-12-15-25(33)39)32(52-34)27-19-22-43-35(44-27)42-21-10-8-7-9-20-41-28(47)17-18-29(48)51-37(4,5)6/h11-16,19,22,46H,7-10,17-18,20-21H2,1-6H3,(H,41,47)(H,42,43,44). The molecule has 0 radical (unpaired) electrons. The molecular formula is C37H45F3N6O5S2. The van der Waals surface area contributed by atoms with E-state index >= 15 is 4.39 Å². The van der Waals surface area contributed by atoms with Crippen molar-refractivity contribution in [3.63, 3.8) is 0 Å². The number of halogens is 3. The lowest BCUT2D eigenvalue weighted by atomic mass is 9.98. The van der Waals surface area contributed by atoms with Gasteiger partial charge in [0.15, 0.2) is 10.7 Å². The van der Waals surface area contributed by atoms with Crippen molar-refractivity contribution in [1.82, 2.24) is 20.3 Å². The van der Waals surface area contributed by atoms with Crippen LogP contribution in [0.25, 0.3) is 21.8 Å².